The fourth-order valence-corrected chi connectivity index (χ4v) is 14.0. The van der Waals surface area contributed by atoms with E-state index < -0.39 is 0 Å². The third-order valence-corrected chi connectivity index (χ3v) is 16.9. The van der Waals surface area contributed by atoms with Crippen LogP contribution in [0.4, 0.5) is 5.69 Å². The van der Waals surface area contributed by atoms with Crippen molar-refractivity contribution in [3.8, 4) is 5.69 Å². The second-order valence-corrected chi connectivity index (χ2v) is 20.6. The van der Waals surface area contributed by atoms with E-state index in [9.17, 15) is 0 Å². The maximum absolute atomic E-state index is 4.11. The van der Waals surface area contributed by atoms with Crippen molar-refractivity contribution in [1.82, 2.24) is 8.97 Å². The molecule has 69 heavy (non-hydrogen) atoms. The fourth-order valence-electron chi connectivity index (χ4n) is 12.8. The summed E-state index contributed by atoms with van der Waals surface area (Å²) in [7, 11) is 0. The lowest BCUT2D eigenvalue weighted by Crippen LogP contribution is -2.78. The molecule has 324 valence electrons. The highest BCUT2D eigenvalue weighted by molar-refractivity contribution is 7.21. The summed E-state index contributed by atoms with van der Waals surface area (Å²) in [6.45, 7) is 2.42. The van der Waals surface area contributed by atoms with Gasteiger partial charge in [0.25, 0.3) is 6.17 Å². The smallest absolute Gasteiger partial charge is 0.252 e. The van der Waals surface area contributed by atoms with Gasteiger partial charge in [-0.05, 0) is 92.9 Å². The van der Waals surface area contributed by atoms with E-state index in [1.54, 1.807) is 0 Å². The number of allylic oxidation sites excluding steroid dienone is 1. The monoisotopic (exact) mass is 899 g/mol. The molecule has 4 nitrogen and oxygen atoms in total. The molecule has 2 N–H and O–H groups in total. The van der Waals surface area contributed by atoms with Crippen molar-refractivity contribution in [2.75, 3.05) is 5.32 Å². The Labute approximate surface area is 401 Å². The van der Waals surface area contributed by atoms with Crippen LogP contribution in [0.2, 0.25) is 0 Å². The van der Waals surface area contributed by atoms with Gasteiger partial charge in [0, 0.05) is 64.8 Å². The molecule has 16 rings (SSSR count). The van der Waals surface area contributed by atoms with Gasteiger partial charge in [0.05, 0.1) is 33.4 Å². The maximum Gasteiger partial charge on any atom is 0.252 e. The van der Waals surface area contributed by atoms with Crippen LogP contribution in [0.5, 0.6) is 0 Å². The van der Waals surface area contributed by atoms with E-state index in [2.05, 4.69) is 220 Å². The van der Waals surface area contributed by atoms with E-state index in [0.717, 1.165) is 18.6 Å². The maximum atomic E-state index is 4.11. The summed E-state index contributed by atoms with van der Waals surface area (Å²) in [6.07, 6.45) is 6.72. The number of hydrogen-bond donors (Lipinski definition) is 2. The van der Waals surface area contributed by atoms with Gasteiger partial charge in [-0.2, -0.15) is 0 Å². The number of thiophene rings is 1. The molecule has 0 amide bonds. The molecule has 4 aromatic heterocycles. The Morgan fingerprint density at radius 3 is 2.09 bits per heavy atom. The number of anilines is 1. The highest BCUT2D eigenvalue weighted by Crippen LogP contribution is 2.50. The van der Waals surface area contributed by atoms with Gasteiger partial charge < -0.3 is 14.3 Å². The SMILES string of the molecule is CC1CC=Cc2c(n(-c3ccc(C4Nc5c(sc6ccccc56)C(c5ccc6ccccc6c5)=[NH+]4)c4ccccc34)c3c2c2ccccc2c2c4cccc5c6c7ccccc7ccc6n(c54)c23)C1. The molecular formula is C64H43N4S+. The minimum Gasteiger partial charge on any atom is -0.322 e. The first kappa shape index (κ1) is 37.8. The second-order valence-electron chi connectivity index (χ2n) is 19.5. The molecule has 0 spiro atoms. The Morgan fingerprint density at radius 1 is 0.551 bits per heavy atom. The van der Waals surface area contributed by atoms with Crippen molar-refractivity contribution in [2.45, 2.75) is 25.9 Å². The van der Waals surface area contributed by atoms with Crippen molar-refractivity contribution in [3.05, 3.63) is 215 Å². The molecule has 14 aromatic rings. The third-order valence-electron chi connectivity index (χ3n) is 15.7. The molecular weight excluding hydrogens is 857 g/mol. The molecule has 2 unspecified atom stereocenters. The predicted molar refractivity (Wildman–Crippen MR) is 293 cm³/mol. The molecule has 5 heterocycles. The van der Waals surface area contributed by atoms with Crippen LogP contribution in [0.25, 0.3) is 114 Å². The van der Waals surface area contributed by atoms with E-state index in [1.165, 1.54) is 141 Å². The van der Waals surface area contributed by atoms with E-state index in [4.69, 9.17) is 0 Å². The lowest BCUT2D eigenvalue weighted by molar-refractivity contribution is -0.501. The Balaban J connectivity index is 1.01. The molecule has 0 saturated heterocycles. The van der Waals surface area contributed by atoms with E-state index >= 15 is 0 Å². The summed E-state index contributed by atoms with van der Waals surface area (Å²) < 4.78 is 6.62. The number of para-hydroxylation sites is 1. The van der Waals surface area contributed by atoms with E-state index in [1.807, 2.05) is 11.3 Å². The Morgan fingerprint density at radius 2 is 1.23 bits per heavy atom. The minimum absolute atomic E-state index is 0.186. The Kier molecular flexibility index (Phi) is 7.62. The quantitative estimate of drug-likeness (QED) is 0.182. The average Bonchev–Trinajstić information content (AvgIpc) is 4.11. The number of hydrogen-bond acceptors (Lipinski definition) is 2. The number of benzene rings is 10. The molecule has 0 bridgehead atoms. The van der Waals surface area contributed by atoms with Crippen LogP contribution in [-0.4, -0.2) is 14.7 Å². The first-order chi connectivity index (χ1) is 34.2. The van der Waals surface area contributed by atoms with Crippen molar-refractivity contribution >= 4 is 131 Å². The van der Waals surface area contributed by atoms with Crippen LogP contribution < -0.4 is 10.3 Å². The van der Waals surface area contributed by atoms with Crippen LogP contribution >= 0.6 is 11.3 Å². The van der Waals surface area contributed by atoms with Crippen LogP contribution in [0.3, 0.4) is 0 Å². The summed E-state index contributed by atoms with van der Waals surface area (Å²) >= 11 is 1.86. The highest BCUT2D eigenvalue weighted by atomic mass is 32.1. The van der Waals surface area contributed by atoms with Gasteiger partial charge in [-0.3, -0.25) is 0 Å². The lowest BCUT2D eigenvalue weighted by Gasteiger charge is -2.22. The highest BCUT2D eigenvalue weighted by Gasteiger charge is 2.35. The Bertz CT molecular complexity index is 4610. The first-order valence-corrected chi connectivity index (χ1v) is 25.2. The number of nitrogens with zero attached hydrogens (tertiary/aromatic N) is 2. The number of rotatable bonds is 3. The summed E-state index contributed by atoms with van der Waals surface area (Å²) in [5.41, 5.74) is 13.8. The largest absolute Gasteiger partial charge is 0.322 e. The zero-order valence-corrected chi connectivity index (χ0v) is 38.7. The molecule has 2 atom stereocenters. The molecule has 2 aliphatic rings. The lowest BCUT2D eigenvalue weighted by atomic mass is 9.96. The third kappa shape index (κ3) is 5.10. The van der Waals surface area contributed by atoms with Crippen molar-refractivity contribution < 1.29 is 4.99 Å². The van der Waals surface area contributed by atoms with Crippen LogP contribution in [0.15, 0.2) is 188 Å². The van der Waals surface area contributed by atoms with Crippen molar-refractivity contribution in [3.63, 3.8) is 0 Å². The molecule has 0 saturated carbocycles. The zero-order chi connectivity index (χ0) is 45.1. The van der Waals surface area contributed by atoms with E-state index in [0.29, 0.717) is 5.92 Å². The molecule has 1 aliphatic heterocycles. The van der Waals surface area contributed by atoms with Gasteiger partial charge in [0.2, 0.25) is 5.71 Å². The Hall–Kier alpha value is -8.25. The summed E-state index contributed by atoms with van der Waals surface area (Å²) in [5, 5.41) is 22.1. The normalized spacial score (nSPS) is 16.2. The number of nitrogens with one attached hydrogen (secondary N) is 2. The van der Waals surface area contributed by atoms with Crippen LogP contribution in [0, 0.1) is 5.92 Å². The van der Waals surface area contributed by atoms with Gasteiger partial charge in [-0.15, -0.1) is 11.3 Å². The molecule has 10 aromatic carbocycles. The molecule has 5 heteroatoms. The van der Waals surface area contributed by atoms with Gasteiger partial charge in [-0.1, -0.05) is 165 Å². The van der Waals surface area contributed by atoms with E-state index in [-0.39, 0.29) is 6.17 Å². The summed E-state index contributed by atoms with van der Waals surface area (Å²) in [4.78, 5) is 5.35. The minimum atomic E-state index is -0.186. The van der Waals surface area contributed by atoms with Crippen molar-refractivity contribution in [1.29, 1.82) is 0 Å². The van der Waals surface area contributed by atoms with Gasteiger partial charge >= 0.3 is 0 Å². The molecule has 1 aliphatic carbocycles. The average molecular weight is 900 g/mol. The van der Waals surface area contributed by atoms with Gasteiger partial charge in [0.1, 0.15) is 4.88 Å². The zero-order valence-electron chi connectivity index (χ0n) is 37.8. The standard InChI is InChI=1S/C64H42N4S/c1-36-14-12-24-47-53(34-36)67(61-56(47)44-21-8-9-22-45(44)57-50-26-13-25-49-55-41-18-5-4-16-38(41)30-32-52(55)68(60(49)50)62(57)61)51-33-31-46(42-19-6-7-20-43(42)51)64-65-58(40-29-28-37-15-2-3-17-39(37)35-40)63-59(66-64)48-23-10-11-27-54(48)69-63/h2-13,15-33,35-36,64,66H,14,34H2,1H3/p+1. The number of fused-ring (bicyclic) bond motifs is 20. The van der Waals surface area contributed by atoms with Gasteiger partial charge in [0.15, 0.2) is 0 Å². The van der Waals surface area contributed by atoms with Gasteiger partial charge in [-0.25, -0.2) is 4.99 Å². The van der Waals surface area contributed by atoms with Crippen molar-refractivity contribution in [2.24, 2.45) is 5.92 Å². The molecule has 0 radical (unpaired) electrons. The fraction of sp³-hybridized carbons (Fsp3) is 0.0781. The van der Waals surface area contributed by atoms with Crippen LogP contribution in [0.1, 0.15) is 46.8 Å². The number of aromatic nitrogens is 2. The predicted octanol–water partition coefficient (Wildman–Crippen LogP) is 15.2. The first-order valence-electron chi connectivity index (χ1n) is 24.3. The second kappa shape index (κ2) is 13.9. The summed E-state index contributed by atoms with van der Waals surface area (Å²) in [6, 6.07) is 68.1. The summed E-state index contributed by atoms with van der Waals surface area (Å²) in [5.74, 6) is 0.479. The van der Waals surface area contributed by atoms with Crippen LogP contribution in [-0.2, 0) is 6.42 Å². The molecule has 0 fully saturated rings. The topological polar surface area (TPSA) is 35.3 Å².